The van der Waals surface area contributed by atoms with E-state index in [9.17, 15) is 18.0 Å². The predicted octanol–water partition coefficient (Wildman–Crippen LogP) is 6.40. The minimum atomic E-state index is -3.58. The molecule has 10 heteroatoms. The van der Waals surface area contributed by atoms with Crippen LogP contribution in [0.1, 0.15) is 49.8 Å². The molecule has 0 aliphatic carbocycles. The van der Waals surface area contributed by atoms with E-state index in [0.717, 1.165) is 29.4 Å². The smallest absolute Gasteiger partial charge is 0.243 e. The lowest BCUT2D eigenvalue weighted by molar-refractivity contribution is -0.141. The van der Waals surface area contributed by atoms with Crippen molar-refractivity contribution < 1.29 is 18.0 Å². The number of benzene rings is 3. The molecule has 3 aromatic rings. The van der Waals surface area contributed by atoms with Crippen LogP contribution in [0.25, 0.3) is 0 Å². The first kappa shape index (κ1) is 33.4. The van der Waals surface area contributed by atoms with Gasteiger partial charge in [0.25, 0.3) is 0 Å². The molecule has 0 aliphatic rings. The van der Waals surface area contributed by atoms with E-state index >= 15 is 0 Å². The van der Waals surface area contributed by atoms with Gasteiger partial charge < -0.3 is 10.2 Å². The number of amides is 2. The van der Waals surface area contributed by atoms with Crippen molar-refractivity contribution in [2.45, 2.75) is 65.1 Å². The second-order valence-electron chi connectivity index (χ2n) is 10.6. The van der Waals surface area contributed by atoms with Crippen molar-refractivity contribution in [1.29, 1.82) is 0 Å². The van der Waals surface area contributed by atoms with Crippen molar-refractivity contribution in [2.24, 2.45) is 0 Å². The molecular weight excluding hydrogens is 593 g/mol. The summed E-state index contributed by atoms with van der Waals surface area (Å²) < 4.78 is 26.6. The van der Waals surface area contributed by atoms with Gasteiger partial charge in [-0.1, -0.05) is 78.7 Å². The quantitative estimate of drug-likeness (QED) is 0.223. The zero-order valence-electron chi connectivity index (χ0n) is 24.5. The molecular formula is C32H39Cl2N3O4S. The first-order valence-electron chi connectivity index (χ1n) is 14.0. The molecule has 0 aromatic heterocycles. The number of hydrogen-bond acceptors (Lipinski definition) is 4. The van der Waals surface area contributed by atoms with Crippen LogP contribution in [-0.4, -0.2) is 50.0 Å². The maximum Gasteiger partial charge on any atom is 0.243 e. The summed E-state index contributed by atoms with van der Waals surface area (Å²) in [5.41, 5.74) is 3.12. The highest BCUT2D eigenvalue weighted by molar-refractivity contribution is 7.92. The van der Waals surface area contributed by atoms with Gasteiger partial charge in [-0.05, 0) is 67.6 Å². The molecule has 0 heterocycles. The van der Waals surface area contributed by atoms with Crippen LogP contribution >= 0.6 is 23.2 Å². The molecule has 0 saturated heterocycles. The standard InChI is InChI=1S/C32H39Cl2N3O4S/c1-5-24(3)35-32(39)30(21-25-12-7-6-8-13-25)36(22-26-16-17-28(33)29(34)20-26)31(38)15-10-18-37(42(4,40)41)27-14-9-11-23(2)19-27/h6-9,11-14,16-17,19-20,24,30H,5,10,15,18,21-22H2,1-4H3,(H,35,39)/t24-,30-/m0/s1. The SMILES string of the molecule is CC[C@H](C)NC(=O)[C@H](Cc1ccccc1)N(Cc1ccc(Cl)c(Cl)c1)C(=O)CCCN(c1cccc(C)c1)S(C)(=O)=O. The molecule has 7 nitrogen and oxygen atoms in total. The fraction of sp³-hybridized carbons (Fsp3) is 0.375. The first-order chi connectivity index (χ1) is 19.9. The Balaban J connectivity index is 1.91. The Morgan fingerprint density at radius 2 is 1.64 bits per heavy atom. The molecule has 0 spiro atoms. The molecule has 0 aliphatic heterocycles. The van der Waals surface area contributed by atoms with Gasteiger partial charge in [0.15, 0.2) is 0 Å². The highest BCUT2D eigenvalue weighted by Gasteiger charge is 2.31. The van der Waals surface area contributed by atoms with Gasteiger partial charge in [-0.2, -0.15) is 0 Å². The van der Waals surface area contributed by atoms with Crippen LogP contribution in [0.5, 0.6) is 0 Å². The van der Waals surface area contributed by atoms with Gasteiger partial charge in [0.05, 0.1) is 22.0 Å². The van der Waals surface area contributed by atoms with Crippen LogP contribution < -0.4 is 9.62 Å². The van der Waals surface area contributed by atoms with Crippen molar-refractivity contribution in [2.75, 3.05) is 17.1 Å². The van der Waals surface area contributed by atoms with Crippen LogP contribution in [0.15, 0.2) is 72.8 Å². The number of sulfonamides is 1. The van der Waals surface area contributed by atoms with Gasteiger partial charge in [-0.3, -0.25) is 13.9 Å². The van der Waals surface area contributed by atoms with E-state index in [-0.39, 0.29) is 43.8 Å². The summed E-state index contributed by atoms with van der Waals surface area (Å²) >= 11 is 12.4. The van der Waals surface area contributed by atoms with Gasteiger partial charge in [-0.15, -0.1) is 0 Å². The van der Waals surface area contributed by atoms with Gasteiger partial charge in [0.1, 0.15) is 6.04 Å². The molecule has 3 aromatic carbocycles. The van der Waals surface area contributed by atoms with E-state index < -0.39 is 16.1 Å². The topological polar surface area (TPSA) is 86.8 Å². The average Bonchev–Trinajstić information content (AvgIpc) is 2.94. The molecule has 3 rings (SSSR count). The minimum absolute atomic E-state index is 0.0427. The summed E-state index contributed by atoms with van der Waals surface area (Å²) in [5, 5.41) is 3.79. The predicted molar refractivity (Wildman–Crippen MR) is 171 cm³/mol. The lowest BCUT2D eigenvalue weighted by Gasteiger charge is -2.33. The Hall–Kier alpha value is -3.07. The Kier molecular flexibility index (Phi) is 12.3. The number of carbonyl (C=O) groups excluding carboxylic acids is 2. The second kappa shape index (κ2) is 15.4. The molecule has 42 heavy (non-hydrogen) atoms. The molecule has 0 radical (unpaired) electrons. The Morgan fingerprint density at radius 3 is 2.26 bits per heavy atom. The molecule has 0 bridgehead atoms. The fourth-order valence-corrected chi connectivity index (χ4v) is 5.89. The number of carbonyl (C=O) groups is 2. The van der Waals surface area contributed by atoms with Crippen molar-refractivity contribution in [3.63, 3.8) is 0 Å². The maximum absolute atomic E-state index is 13.9. The monoisotopic (exact) mass is 631 g/mol. The lowest BCUT2D eigenvalue weighted by Crippen LogP contribution is -2.52. The van der Waals surface area contributed by atoms with Gasteiger partial charge >= 0.3 is 0 Å². The summed E-state index contributed by atoms with van der Waals surface area (Å²) in [5.74, 6) is -0.516. The van der Waals surface area contributed by atoms with E-state index in [1.54, 1.807) is 41.3 Å². The van der Waals surface area contributed by atoms with Crippen LogP contribution in [-0.2, 0) is 32.6 Å². The Labute approximate surface area is 259 Å². The van der Waals surface area contributed by atoms with E-state index in [0.29, 0.717) is 22.2 Å². The summed E-state index contributed by atoms with van der Waals surface area (Å²) in [6, 6.07) is 21.1. The Morgan fingerprint density at radius 1 is 0.929 bits per heavy atom. The highest BCUT2D eigenvalue weighted by Crippen LogP contribution is 2.25. The third-order valence-corrected chi connectivity index (χ3v) is 8.98. The van der Waals surface area contributed by atoms with E-state index in [2.05, 4.69) is 5.32 Å². The van der Waals surface area contributed by atoms with Gasteiger partial charge in [0.2, 0.25) is 21.8 Å². The maximum atomic E-state index is 13.9. The minimum Gasteiger partial charge on any atom is -0.352 e. The third-order valence-electron chi connectivity index (χ3n) is 7.05. The number of anilines is 1. The summed E-state index contributed by atoms with van der Waals surface area (Å²) in [7, 11) is -3.58. The lowest BCUT2D eigenvalue weighted by atomic mass is 10.0. The molecule has 0 fully saturated rings. The molecule has 2 atom stereocenters. The average molecular weight is 633 g/mol. The largest absolute Gasteiger partial charge is 0.352 e. The number of hydrogen-bond donors (Lipinski definition) is 1. The van der Waals surface area contributed by atoms with Gasteiger partial charge in [0, 0.05) is 32.0 Å². The van der Waals surface area contributed by atoms with Crippen LogP contribution in [0.4, 0.5) is 5.69 Å². The highest BCUT2D eigenvalue weighted by atomic mass is 35.5. The van der Waals surface area contributed by atoms with Crippen LogP contribution in [0, 0.1) is 6.92 Å². The number of halogens is 2. The van der Waals surface area contributed by atoms with E-state index in [1.165, 1.54) is 4.31 Å². The van der Waals surface area contributed by atoms with Crippen molar-refractivity contribution >= 4 is 50.7 Å². The molecule has 0 unspecified atom stereocenters. The summed E-state index contributed by atoms with van der Waals surface area (Å²) in [4.78, 5) is 29.2. The van der Waals surface area contributed by atoms with E-state index in [4.69, 9.17) is 23.2 Å². The molecule has 2 amide bonds. The van der Waals surface area contributed by atoms with Crippen molar-refractivity contribution in [3.8, 4) is 0 Å². The molecule has 1 N–H and O–H groups in total. The number of aryl methyl sites for hydroxylation is 1. The molecule has 226 valence electrons. The Bertz CT molecular complexity index is 1470. The van der Waals surface area contributed by atoms with Crippen LogP contribution in [0.2, 0.25) is 10.0 Å². The fourth-order valence-electron chi connectivity index (χ4n) is 4.62. The number of nitrogens with zero attached hydrogens (tertiary/aromatic N) is 2. The first-order valence-corrected chi connectivity index (χ1v) is 16.6. The molecule has 0 saturated carbocycles. The number of rotatable bonds is 14. The van der Waals surface area contributed by atoms with E-state index in [1.807, 2.05) is 57.2 Å². The zero-order chi connectivity index (χ0) is 30.9. The second-order valence-corrected chi connectivity index (χ2v) is 13.3. The van der Waals surface area contributed by atoms with Crippen molar-refractivity contribution in [1.82, 2.24) is 10.2 Å². The van der Waals surface area contributed by atoms with Gasteiger partial charge in [-0.25, -0.2) is 8.42 Å². The summed E-state index contributed by atoms with van der Waals surface area (Å²) in [6.45, 7) is 6.06. The van der Waals surface area contributed by atoms with Crippen molar-refractivity contribution in [3.05, 3.63) is 99.5 Å². The normalized spacial score (nSPS) is 12.8. The summed E-state index contributed by atoms with van der Waals surface area (Å²) in [6.07, 6.45) is 2.52. The van der Waals surface area contributed by atoms with Crippen LogP contribution in [0.3, 0.4) is 0 Å². The number of nitrogens with one attached hydrogen (secondary N) is 1. The zero-order valence-corrected chi connectivity index (χ0v) is 26.8. The third kappa shape index (κ3) is 9.75.